The van der Waals surface area contributed by atoms with Gasteiger partial charge in [0.1, 0.15) is 0 Å². The second-order valence-corrected chi connectivity index (χ2v) is 5.80. The number of fused-ring (bicyclic) bond motifs is 1. The van der Waals surface area contributed by atoms with Crippen LogP contribution in [-0.2, 0) is 6.54 Å². The predicted octanol–water partition coefficient (Wildman–Crippen LogP) is 3.70. The van der Waals surface area contributed by atoms with Gasteiger partial charge in [0.15, 0.2) is 0 Å². The van der Waals surface area contributed by atoms with Crippen LogP contribution in [0.4, 0.5) is 0 Å². The second-order valence-electron chi connectivity index (χ2n) is 5.80. The maximum Gasteiger partial charge on any atom is 0.0708 e. The molecule has 1 aliphatic rings. The molecule has 5 heteroatoms. The van der Waals surface area contributed by atoms with Crippen molar-refractivity contribution in [2.45, 2.75) is 38.8 Å². The zero-order valence-electron chi connectivity index (χ0n) is 13.0. The molecule has 1 atom stereocenters. The Morgan fingerprint density at radius 1 is 1.23 bits per heavy atom. The first-order valence-electron chi connectivity index (χ1n) is 7.57. The van der Waals surface area contributed by atoms with E-state index >= 15 is 0 Å². The normalized spacial score (nSPS) is 18.5. The molecule has 1 aromatic heterocycles. The number of rotatable bonds is 3. The van der Waals surface area contributed by atoms with Crippen molar-refractivity contribution in [1.29, 1.82) is 0 Å². The van der Waals surface area contributed by atoms with Gasteiger partial charge in [-0.15, -0.1) is 24.8 Å². The van der Waals surface area contributed by atoms with E-state index in [1.54, 1.807) is 0 Å². The van der Waals surface area contributed by atoms with Crippen molar-refractivity contribution < 1.29 is 0 Å². The van der Waals surface area contributed by atoms with E-state index in [0.717, 1.165) is 30.8 Å². The SMILES string of the molecule is Cc1cc(CN2CCCCC2CN)c2ccccc2n1.Cl.Cl. The molecule has 1 saturated heterocycles. The van der Waals surface area contributed by atoms with Crippen LogP contribution >= 0.6 is 24.8 Å². The highest BCUT2D eigenvalue weighted by atomic mass is 35.5. The van der Waals surface area contributed by atoms with Crippen LogP contribution in [0, 0.1) is 6.92 Å². The number of hydrogen-bond donors (Lipinski definition) is 1. The largest absolute Gasteiger partial charge is 0.329 e. The number of hydrogen-bond acceptors (Lipinski definition) is 3. The summed E-state index contributed by atoms with van der Waals surface area (Å²) in [5.74, 6) is 0. The number of benzene rings is 1. The Morgan fingerprint density at radius 3 is 2.77 bits per heavy atom. The highest BCUT2D eigenvalue weighted by molar-refractivity contribution is 5.85. The number of pyridine rings is 1. The summed E-state index contributed by atoms with van der Waals surface area (Å²) < 4.78 is 0. The summed E-state index contributed by atoms with van der Waals surface area (Å²) in [5, 5.41) is 1.28. The molecule has 0 aliphatic carbocycles. The lowest BCUT2D eigenvalue weighted by Gasteiger charge is -2.35. The van der Waals surface area contributed by atoms with E-state index in [-0.39, 0.29) is 24.8 Å². The molecule has 22 heavy (non-hydrogen) atoms. The lowest BCUT2D eigenvalue weighted by molar-refractivity contribution is 0.145. The van der Waals surface area contributed by atoms with Gasteiger partial charge in [-0.05, 0) is 44.0 Å². The Labute approximate surface area is 145 Å². The minimum atomic E-state index is 0. The molecule has 2 N–H and O–H groups in total. The monoisotopic (exact) mass is 341 g/mol. The van der Waals surface area contributed by atoms with Gasteiger partial charge in [0.05, 0.1) is 5.52 Å². The first kappa shape index (κ1) is 19.2. The zero-order chi connectivity index (χ0) is 13.9. The molecule has 2 heterocycles. The van der Waals surface area contributed by atoms with Gasteiger partial charge < -0.3 is 5.73 Å². The Bertz CT molecular complexity index is 603. The molecule has 2 aromatic rings. The third-order valence-corrected chi connectivity index (χ3v) is 4.32. The molecular weight excluding hydrogens is 317 g/mol. The van der Waals surface area contributed by atoms with Gasteiger partial charge >= 0.3 is 0 Å². The van der Waals surface area contributed by atoms with Gasteiger partial charge in [0.2, 0.25) is 0 Å². The molecule has 3 nitrogen and oxygen atoms in total. The molecule has 1 unspecified atom stereocenters. The number of aryl methyl sites for hydroxylation is 1. The molecule has 1 aliphatic heterocycles. The van der Waals surface area contributed by atoms with Crippen molar-refractivity contribution >= 4 is 35.7 Å². The number of nitrogens with two attached hydrogens (primary N) is 1. The smallest absolute Gasteiger partial charge is 0.0708 e. The number of aromatic nitrogens is 1. The van der Waals surface area contributed by atoms with Crippen LogP contribution in [0.15, 0.2) is 30.3 Å². The lowest BCUT2D eigenvalue weighted by atomic mass is 10.00. The quantitative estimate of drug-likeness (QED) is 0.925. The van der Waals surface area contributed by atoms with E-state index in [9.17, 15) is 0 Å². The van der Waals surface area contributed by atoms with Gasteiger partial charge in [-0.25, -0.2) is 0 Å². The van der Waals surface area contributed by atoms with E-state index in [1.165, 1.54) is 30.2 Å². The van der Waals surface area contributed by atoms with Gasteiger partial charge in [0.25, 0.3) is 0 Å². The topological polar surface area (TPSA) is 42.1 Å². The molecule has 0 bridgehead atoms. The van der Waals surface area contributed by atoms with Crippen molar-refractivity contribution in [2.75, 3.05) is 13.1 Å². The number of halogens is 2. The van der Waals surface area contributed by atoms with Crippen LogP contribution in [0.5, 0.6) is 0 Å². The first-order chi connectivity index (χ1) is 9.78. The standard InChI is InChI=1S/C17H23N3.2ClH/c1-13-10-14(16-7-2-3-8-17(16)19-13)12-20-9-5-4-6-15(20)11-18;;/h2-3,7-8,10,15H,4-6,9,11-12,18H2,1H3;2*1H. The Balaban J connectivity index is 0.00000121. The summed E-state index contributed by atoms with van der Waals surface area (Å²) in [5.41, 5.74) is 9.52. The van der Waals surface area contributed by atoms with Crippen LogP contribution in [0.1, 0.15) is 30.5 Å². The number of nitrogens with zero attached hydrogens (tertiary/aromatic N) is 2. The third kappa shape index (κ3) is 4.11. The Hall–Kier alpha value is -0.870. The summed E-state index contributed by atoms with van der Waals surface area (Å²) in [6, 6.07) is 11.2. The number of likely N-dealkylation sites (tertiary alicyclic amines) is 1. The molecule has 1 aromatic carbocycles. The maximum atomic E-state index is 5.94. The molecular formula is C17H25Cl2N3. The van der Waals surface area contributed by atoms with E-state index in [0.29, 0.717) is 6.04 Å². The third-order valence-electron chi connectivity index (χ3n) is 4.32. The summed E-state index contributed by atoms with van der Waals surface area (Å²) in [4.78, 5) is 7.17. The molecule has 0 radical (unpaired) electrons. The summed E-state index contributed by atoms with van der Waals surface area (Å²) in [7, 11) is 0. The average Bonchev–Trinajstić information content (AvgIpc) is 2.47. The van der Waals surface area contributed by atoms with E-state index in [4.69, 9.17) is 5.73 Å². The van der Waals surface area contributed by atoms with Gasteiger partial charge in [-0.2, -0.15) is 0 Å². The van der Waals surface area contributed by atoms with E-state index in [2.05, 4.69) is 47.1 Å². The molecule has 122 valence electrons. The fraction of sp³-hybridized carbons (Fsp3) is 0.471. The van der Waals surface area contributed by atoms with Gasteiger partial charge in [-0.1, -0.05) is 24.6 Å². The lowest BCUT2D eigenvalue weighted by Crippen LogP contribution is -2.43. The Kier molecular flexibility index (Phi) is 7.57. The van der Waals surface area contributed by atoms with Crippen molar-refractivity contribution in [2.24, 2.45) is 5.73 Å². The predicted molar refractivity (Wildman–Crippen MR) is 98.1 cm³/mol. The van der Waals surface area contributed by atoms with E-state index in [1.807, 2.05) is 0 Å². The van der Waals surface area contributed by atoms with Crippen LogP contribution in [0.3, 0.4) is 0 Å². The van der Waals surface area contributed by atoms with Crippen LogP contribution < -0.4 is 5.73 Å². The van der Waals surface area contributed by atoms with Crippen molar-refractivity contribution in [3.05, 3.63) is 41.6 Å². The van der Waals surface area contributed by atoms with Crippen LogP contribution in [0.2, 0.25) is 0 Å². The fourth-order valence-corrected chi connectivity index (χ4v) is 3.28. The van der Waals surface area contributed by atoms with Crippen LogP contribution in [0.25, 0.3) is 10.9 Å². The number of para-hydroxylation sites is 1. The van der Waals surface area contributed by atoms with Crippen molar-refractivity contribution in [1.82, 2.24) is 9.88 Å². The number of piperidine rings is 1. The summed E-state index contributed by atoms with van der Waals surface area (Å²) in [6.45, 7) is 5.00. The van der Waals surface area contributed by atoms with Crippen LogP contribution in [-0.4, -0.2) is 29.0 Å². The Morgan fingerprint density at radius 2 is 2.00 bits per heavy atom. The highest BCUT2D eigenvalue weighted by Gasteiger charge is 2.21. The zero-order valence-corrected chi connectivity index (χ0v) is 14.6. The molecule has 0 spiro atoms. The van der Waals surface area contributed by atoms with E-state index < -0.39 is 0 Å². The van der Waals surface area contributed by atoms with Crippen molar-refractivity contribution in [3.8, 4) is 0 Å². The van der Waals surface area contributed by atoms with Gasteiger partial charge in [0, 0.05) is 30.2 Å². The molecule has 0 amide bonds. The molecule has 1 fully saturated rings. The second kappa shape index (κ2) is 8.68. The fourth-order valence-electron chi connectivity index (χ4n) is 3.28. The molecule has 0 saturated carbocycles. The average molecular weight is 342 g/mol. The maximum absolute atomic E-state index is 5.94. The minimum Gasteiger partial charge on any atom is -0.329 e. The molecule has 3 rings (SSSR count). The highest BCUT2D eigenvalue weighted by Crippen LogP contribution is 2.23. The first-order valence-corrected chi connectivity index (χ1v) is 7.57. The van der Waals surface area contributed by atoms with Crippen molar-refractivity contribution in [3.63, 3.8) is 0 Å². The summed E-state index contributed by atoms with van der Waals surface area (Å²) in [6.07, 6.45) is 3.84. The van der Waals surface area contributed by atoms with Gasteiger partial charge in [-0.3, -0.25) is 9.88 Å². The summed E-state index contributed by atoms with van der Waals surface area (Å²) >= 11 is 0. The minimum absolute atomic E-state index is 0.